The van der Waals surface area contributed by atoms with Crippen LogP contribution >= 0.6 is 0 Å². The van der Waals surface area contributed by atoms with Crippen LogP contribution in [0.2, 0.25) is 0 Å². The third-order valence-corrected chi connectivity index (χ3v) is 3.86. The molecule has 3 nitrogen and oxygen atoms in total. The number of anilines is 1. The minimum Gasteiger partial charge on any atom is -0.389 e. The molecule has 0 aliphatic carbocycles. The van der Waals surface area contributed by atoms with E-state index in [-0.39, 0.29) is 0 Å². The number of benzene rings is 1. The lowest BCUT2D eigenvalue weighted by Crippen LogP contribution is -2.37. The molecule has 0 aromatic heterocycles. The molecule has 1 aromatic carbocycles. The molecule has 1 fully saturated rings. The summed E-state index contributed by atoms with van der Waals surface area (Å²) in [6.45, 7) is 5.19. The van der Waals surface area contributed by atoms with Crippen LogP contribution in [0.5, 0.6) is 0 Å². The number of hydrogen-bond donors (Lipinski definition) is 3. The van der Waals surface area contributed by atoms with Gasteiger partial charge in [0.25, 0.3) is 0 Å². The first kappa shape index (κ1) is 14.4. The first-order chi connectivity index (χ1) is 9.16. The van der Waals surface area contributed by atoms with E-state index in [1.165, 1.54) is 19.3 Å². The van der Waals surface area contributed by atoms with Crippen molar-refractivity contribution in [1.29, 1.82) is 0 Å². The Balaban J connectivity index is 1.92. The topological polar surface area (TPSA) is 44.3 Å². The average molecular weight is 262 g/mol. The molecule has 0 saturated carbocycles. The number of aliphatic hydroxyl groups excluding tert-OH is 1. The molecule has 1 heterocycles. The Morgan fingerprint density at radius 3 is 2.79 bits per heavy atom. The maximum absolute atomic E-state index is 9.79. The summed E-state index contributed by atoms with van der Waals surface area (Å²) in [7, 11) is 0. The molecule has 0 bridgehead atoms. The van der Waals surface area contributed by atoms with E-state index in [0.717, 1.165) is 24.2 Å². The van der Waals surface area contributed by atoms with Gasteiger partial charge in [0.05, 0.1) is 6.10 Å². The number of piperidine rings is 1. The Labute approximate surface area is 116 Å². The highest BCUT2D eigenvalue weighted by molar-refractivity contribution is 5.52. The number of nitrogens with one attached hydrogen (secondary N) is 2. The molecule has 0 spiro atoms. The van der Waals surface area contributed by atoms with Crippen LogP contribution in [-0.2, 0) is 0 Å². The summed E-state index contributed by atoms with van der Waals surface area (Å²) in [6, 6.07) is 9.07. The maximum atomic E-state index is 9.79. The van der Waals surface area contributed by atoms with Crippen molar-refractivity contribution in [2.45, 2.75) is 57.7 Å². The fraction of sp³-hybridized carbons (Fsp3) is 0.625. The van der Waals surface area contributed by atoms with Crippen LogP contribution in [0.3, 0.4) is 0 Å². The largest absolute Gasteiger partial charge is 0.389 e. The van der Waals surface area contributed by atoms with Crippen LogP contribution in [0.4, 0.5) is 5.69 Å². The molecule has 2 rings (SSSR count). The highest BCUT2D eigenvalue weighted by Gasteiger charge is 2.16. The lowest BCUT2D eigenvalue weighted by molar-refractivity contribution is 0.200. The molecule has 19 heavy (non-hydrogen) atoms. The summed E-state index contributed by atoms with van der Waals surface area (Å²) in [6.07, 6.45) is 4.64. The van der Waals surface area contributed by atoms with Crippen LogP contribution in [-0.4, -0.2) is 23.7 Å². The highest BCUT2D eigenvalue weighted by Crippen LogP contribution is 2.24. The van der Waals surface area contributed by atoms with Crippen molar-refractivity contribution in [2.75, 3.05) is 11.9 Å². The number of aliphatic hydroxyl groups is 1. The van der Waals surface area contributed by atoms with Crippen LogP contribution < -0.4 is 10.6 Å². The standard InChI is InChI=1S/C16H26N2O/c1-12(11-14-7-5-6-10-17-14)18-16-9-4-3-8-15(16)13(2)19/h3-4,8-9,12-14,17-19H,5-7,10-11H2,1-2H3. The highest BCUT2D eigenvalue weighted by atomic mass is 16.3. The summed E-state index contributed by atoms with van der Waals surface area (Å²) < 4.78 is 0. The van der Waals surface area contributed by atoms with E-state index in [0.29, 0.717) is 12.1 Å². The van der Waals surface area contributed by atoms with Crippen molar-refractivity contribution in [3.8, 4) is 0 Å². The fourth-order valence-corrected chi connectivity index (χ4v) is 2.87. The van der Waals surface area contributed by atoms with Gasteiger partial charge in [0, 0.05) is 23.3 Å². The van der Waals surface area contributed by atoms with Gasteiger partial charge in [-0.2, -0.15) is 0 Å². The zero-order chi connectivity index (χ0) is 13.7. The van der Waals surface area contributed by atoms with Gasteiger partial charge in [-0.1, -0.05) is 24.6 Å². The van der Waals surface area contributed by atoms with Gasteiger partial charge in [-0.15, -0.1) is 0 Å². The van der Waals surface area contributed by atoms with Crippen LogP contribution in [0.15, 0.2) is 24.3 Å². The number of para-hydroxylation sites is 1. The Hall–Kier alpha value is -1.06. The van der Waals surface area contributed by atoms with Crippen molar-refractivity contribution in [2.24, 2.45) is 0 Å². The third-order valence-electron chi connectivity index (χ3n) is 3.86. The second kappa shape index (κ2) is 6.92. The Morgan fingerprint density at radius 1 is 1.32 bits per heavy atom. The first-order valence-electron chi connectivity index (χ1n) is 7.43. The molecule has 1 aliphatic heterocycles. The predicted octanol–water partition coefficient (Wildman–Crippen LogP) is 3.07. The van der Waals surface area contributed by atoms with E-state index in [2.05, 4.69) is 17.6 Å². The molecule has 1 saturated heterocycles. The summed E-state index contributed by atoms with van der Waals surface area (Å²) >= 11 is 0. The molecular formula is C16H26N2O. The Morgan fingerprint density at radius 2 is 2.11 bits per heavy atom. The van der Waals surface area contributed by atoms with Crippen molar-refractivity contribution in [3.05, 3.63) is 29.8 Å². The molecule has 0 radical (unpaired) electrons. The maximum Gasteiger partial charge on any atom is 0.0781 e. The van der Waals surface area contributed by atoms with Gasteiger partial charge in [0.1, 0.15) is 0 Å². The summed E-state index contributed by atoms with van der Waals surface area (Å²) in [5.41, 5.74) is 2.03. The van der Waals surface area contributed by atoms with Gasteiger partial charge in [-0.05, 0) is 45.7 Å². The second-order valence-electron chi connectivity index (χ2n) is 5.69. The summed E-state index contributed by atoms with van der Waals surface area (Å²) in [5.74, 6) is 0. The Kier molecular flexibility index (Phi) is 5.23. The van der Waals surface area contributed by atoms with Gasteiger partial charge < -0.3 is 15.7 Å². The van der Waals surface area contributed by atoms with E-state index >= 15 is 0 Å². The number of hydrogen-bond acceptors (Lipinski definition) is 3. The molecule has 3 atom stereocenters. The fourth-order valence-electron chi connectivity index (χ4n) is 2.87. The zero-order valence-electron chi connectivity index (χ0n) is 12.0. The lowest BCUT2D eigenvalue weighted by Gasteiger charge is -2.27. The van der Waals surface area contributed by atoms with E-state index < -0.39 is 6.10 Å². The van der Waals surface area contributed by atoms with E-state index in [9.17, 15) is 5.11 Å². The zero-order valence-corrected chi connectivity index (χ0v) is 12.0. The molecule has 3 unspecified atom stereocenters. The van der Waals surface area contributed by atoms with Gasteiger partial charge in [0.2, 0.25) is 0 Å². The quantitative estimate of drug-likeness (QED) is 0.764. The minimum absolute atomic E-state index is 0.412. The predicted molar refractivity (Wildman–Crippen MR) is 80.4 cm³/mol. The molecule has 1 aromatic rings. The Bertz CT molecular complexity index is 386. The van der Waals surface area contributed by atoms with E-state index in [1.807, 2.05) is 31.2 Å². The first-order valence-corrected chi connectivity index (χ1v) is 7.43. The van der Waals surface area contributed by atoms with Crippen LogP contribution in [0, 0.1) is 0 Å². The smallest absolute Gasteiger partial charge is 0.0781 e. The van der Waals surface area contributed by atoms with Gasteiger partial charge >= 0.3 is 0 Å². The van der Waals surface area contributed by atoms with Crippen LogP contribution in [0.25, 0.3) is 0 Å². The van der Waals surface area contributed by atoms with E-state index in [1.54, 1.807) is 0 Å². The summed E-state index contributed by atoms with van der Waals surface area (Å²) in [4.78, 5) is 0. The molecule has 1 aliphatic rings. The second-order valence-corrected chi connectivity index (χ2v) is 5.69. The van der Waals surface area contributed by atoms with Crippen molar-refractivity contribution >= 4 is 5.69 Å². The van der Waals surface area contributed by atoms with Gasteiger partial charge in [-0.25, -0.2) is 0 Å². The lowest BCUT2D eigenvalue weighted by atomic mass is 9.98. The third kappa shape index (κ3) is 4.22. The molecule has 3 N–H and O–H groups in total. The van der Waals surface area contributed by atoms with Crippen LogP contribution in [0.1, 0.15) is 51.2 Å². The molecule has 0 amide bonds. The van der Waals surface area contributed by atoms with Crippen molar-refractivity contribution < 1.29 is 5.11 Å². The SMILES string of the molecule is CC(CC1CCCCN1)Nc1ccccc1C(C)O. The van der Waals surface area contributed by atoms with E-state index in [4.69, 9.17) is 0 Å². The molecular weight excluding hydrogens is 236 g/mol. The van der Waals surface area contributed by atoms with Gasteiger partial charge in [0.15, 0.2) is 0 Å². The molecule has 106 valence electrons. The molecule has 3 heteroatoms. The van der Waals surface area contributed by atoms with Gasteiger partial charge in [-0.3, -0.25) is 0 Å². The minimum atomic E-state index is -0.427. The van der Waals surface area contributed by atoms with Crippen molar-refractivity contribution in [1.82, 2.24) is 5.32 Å². The van der Waals surface area contributed by atoms with Crippen molar-refractivity contribution in [3.63, 3.8) is 0 Å². The number of rotatable bonds is 5. The normalized spacial score (nSPS) is 22.8. The summed E-state index contributed by atoms with van der Waals surface area (Å²) in [5, 5.41) is 16.9. The monoisotopic (exact) mass is 262 g/mol. The average Bonchev–Trinajstić information content (AvgIpc) is 2.40.